The number of hydrogen-bond donors (Lipinski definition) is 1. The van der Waals surface area contributed by atoms with Gasteiger partial charge in [0, 0.05) is 25.7 Å². The Bertz CT molecular complexity index is 636. The van der Waals surface area contributed by atoms with Gasteiger partial charge in [-0.05, 0) is 18.0 Å². The fourth-order valence-electron chi connectivity index (χ4n) is 1.95. The minimum absolute atomic E-state index is 0.00212. The molecule has 0 bridgehead atoms. The average Bonchev–Trinajstić information content (AvgIpc) is 2.81. The Labute approximate surface area is 116 Å². The highest BCUT2D eigenvalue weighted by Gasteiger charge is 2.21. The first-order valence-corrected chi connectivity index (χ1v) is 6.28. The van der Waals surface area contributed by atoms with Crippen LogP contribution in [0.1, 0.15) is 13.8 Å². The summed E-state index contributed by atoms with van der Waals surface area (Å²) in [6.45, 7) is 5.33. The second-order valence-corrected chi connectivity index (χ2v) is 5.63. The van der Waals surface area contributed by atoms with Gasteiger partial charge in [0.25, 0.3) is 11.7 Å². The van der Waals surface area contributed by atoms with Gasteiger partial charge < -0.3 is 15.1 Å². The third-order valence-electron chi connectivity index (χ3n) is 3.12. The molecule has 0 atom stereocenters. The van der Waals surface area contributed by atoms with E-state index in [-0.39, 0.29) is 11.1 Å². The van der Waals surface area contributed by atoms with E-state index >= 15 is 0 Å². The predicted octanol–water partition coefficient (Wildman–Crippen LogP) is 2.16. The van der Waals surface area contributed by atoms with Crippen LogP contribution in [0.3, 0.4) is 0 Å². The summed E-state index contributed by atoms with van der Waals surface area (Å²) in [5.41, 5.74) is 6.65. The van der Waals surface area contributed by atoms with Crippen LogP contribution < -0.4 is 10.6 Å². The first-order chi connectivity index (χ1) is 9.32. The number of oxazole rings is 1. The van der Waals surface area contributed by atoms with Crippen LogP contribution in [-0.4, -0.2) is 30.0 Å². The van der Waals surface area contributed by atoms with Gasteiger partial charge in [-0.2, -0.15) is 4.98 Å². The van der Waals surface area contributed by atoms with Crippen LogP contribution in [-0.2, 0) is 0 Å². The number of nitrogens with zero attached hydrogens (tertiary/aromatic N) is 3. The minimum Gasteiger partial charge on any atom is -0.423 e. The molecule has 0 aliphatic carbocycles. The van der Waals surface area contributed by atoms with E-state index in [4.69, 9.17) is 10.2 Å². The van der Waals surface area contributed by atoms with Crippen LogP contribution in [0.15, 0.2) is 22.6 Å². The highest BCUT2D eigenvalue weighted by atomic mass is 16.6. The summed E-state index contributed by atoms with van der Waals surface area (Å²) in [5, 5.41) is 10.7. The molecule has 1 aromatic carbocycles. The van der Waals surface area contributed by atoms with Crippen molar-refractivity contribution >= 4 is 22.8 Å². The molecule has 0 fully saturated rings. The van der Waals surface area contributed by atoms with Gasteiger partial charge in [0.1, 0.15) is 5.52 Å². The molecule has 108 valence electrons. The average molecular weight is 278 g/mol. The fraction of sp³-hybridized carbons (Fsp3) is 0.462. The molecular formula is C13H18N4O3. The maximum Gasteiger partial charge on any atom is 0.298 e. The molecule has 0 aliphatic heterocycles. The maximum absolute atomic E-state index is 10.7. The Morgan fingerprint density at radius 2 is 2.20 bits per heavy atom. The SMILES string of the molecule is CN(CC(C)(C)CN)c1nc2cc([N+](=O)[O-])ccc2o1. The standard InChI is InChI=1S/C13H18N4O3/c1-13(2,7-14)8-16(3)12-15-10-6-9(17(18)19)4-5-11(10)20-12/h4-6H,7-8,14H2,1-3H3. The van der Waals surface area contributed by atoms with Gasteiger partial charge in [-0.1, -0.05) is 13.8 Å². The normalized spacial score (nSPS) is 11.8. The third kappa shape index (κ3) is 2.88. The second kappa shape index (κ2) is 5.09. The Balaban J connectivity index is 2.29. The van der Waals surface area contributed by atoms with E-state index in [1.807, 2.05) is 11.9 Å². The molecular weight excluding hydrogens is 260 g/mol. The predicted molar refractivity (Wildman–Crippen MR) is 76.8 cm³/mol. The summed E-state index contributed by atoms with van der Waals surface area (Å²) in [6.07, 6.45) is 0. The van der Waals surface area contributed by atoms with Crippen molar-refractivity contribution in [2.75, 3.05) is 25.0 Å². The van der Waals surface area contributed by atoms with Crippen molar-refractivity contribution in [3.63, 3.8) is 0 Å². The molecule has 7 nitrogen and oxygen atoms in total. The summed E-state index contributed by atoms with van der Waals surface area (Å²) < 4.78 is 5.61. The van der Waals surface area contributed by atoms with Crippen LogP contribution in [0.25, 0.3) is 11.1 Å². The van der Waals surface area contributed by atoms with E-state index in [0.29, 0.717) is 30.2 Å². The van der Waals surface area contributed by atoms with Gasteiger partial charge in [-0.25, -0.2) is 0 Å². The van der Waals surface area contributed by atoms with Crippen LogP contribution in [0.2, 0.25) is 0 Å². The van der Waals surface area contributed by atoms with Crippen molar-refractivity contribution in [3.8, 4) is 0 Å². The lowest BCUT2D eigenvalue weighted by molar-refractivity contribution is -0.384. The number of anilines is 1. The number of rotatable bonds is 5. The van der Waals surface area contributed by atoms with E-state index in [9.17, 15) is 10.1 Å². The zero-order valence-corrected chi connectivity index (χ0v) is 11.8. The number of nitrogens with two attached hydrogens (primary N) is 1. The molecule has 2 N–H and O–H groups in total. The van der Waals surface area contributed by atoms with Crippen molar-refractivity contribution in [3.05, 3.63) is 28.3 Å². The summed E-state index contributed by atoms with van der Waals surface area (Å²) in [7, 11) is 1.86. The summed E-state index contributed by atoms with van der Waals surface area (Å²) in [6, 6.07) is 4.80. The minimum atomic E-state index is -0.449. The van der Waals surface area contributed by atoms with Crippen LogP contribution in [0, 0.1) is 15.5 Å². The molecule has 0 aliphatic rings. The molecule has 0 radical (unpaired) electrons. The van der Waals surface area contributed by atoms with Crippen LogP contribution >= 0.6 is 0 Å². The Morgan fingerprint density at radius 3 is 2.80 bits per heavy atom. The van der Waals surface area contributed by atoms with Gasteiger partial charge >= 0.3 is 0 Å². The van der Waals surface area contributed by atoms with Crippen molar-refractivity contribution < 1.29 is 9.34 Å². The van der Waals surface area contributed by atoms with Crippen LogP contribution in [0.5, 0.6) is 0 Å². The Kier molecular flexibility index (Phi) is 3.63. The number of benzene rings is 1. The molecule has 0 spiro atoms. The molecule has 20 heavy (non-hydrogen) atoms. The summed E-state index contributed by atoms with van der Waals surface area (Å²) in [5.74, 6) is 0. The second-order valence-electron chi connectivity index (χ2n) is 5.63. The summed E-state index contributed by atoms with van der Waals surface area (Å²) in [4.78, 5) is 16.4. The summed E-state index contributed by atoms with van der Waals surface area (Å²) >= 11 is 0. The van der Waals surface area contributed by atoms with Gasteiger partial charge in [-0.3, -0.25) is 10.1 Å². The molecule has 7 heteroatoms. The van der Waals surface area contributed by atoms with Crippen molar-refractivity contribution in [1.29, 1.82) is 0 Å². The lowest BCUT2D eigenvalue weighted by Gasteiger charge is -2.27. The highest BCUT2D eigenvalue weighted by molar-refractivity contribution is 5.77. The van der Waals surface area contributed by atoms with E-state index in [1.54, 1.807) is 6.07 Å². The van der Waals surface area contributed by atoms with E-state index in [0.717, 1.165) is 0 Å². The van der Waals surface area contributed by atoms with Crippen molar-refractivity contribution in [2.24, 2.45) is 11.1 Å². The van der Waals surface area contributed by atoms with Gasteiger partial charge in [-0.15, -0.1) is 0 Å². The monoisotopic (exact) mass is 278 g/mol. The quantitative estimate of drug-likeness (QED) is 0.664. The molecule has 2 rings (SSSR count). The smallest absolute Gasteiger partial charge is 0.298 e. The lowest BCUT2D eigenvalue weighted by Crippen LogP contribution is -2.36. The molecule has 0 unspecified atom stereocenters. The van der Waals surface area contributed by atoms with E-state index in [2.05, 4.69) is 18.8 Å². The molecule has 1 heterocycles. The topological polar surface area (TPSA) is 98.4 Å². The molecule has 1 aromatic heterocycles. The van der Waals surface area contributed by atoms with Gasteiger partial charge in [0.05, 0.1) is 4.92 Å². The first-order valence-electron chi connectivity index (χ1n) is 6.28. The zero-order valence-electron chi connectivity index (χ0n) is 11.8. The maximum atomic E-state index is 10.7. The fourth-order valence-corrected chi connectivity index (χ4v) is 1.95. The molecule has 2 aromatic rings. The number of hydrogen-bond acceptors (Lipinski definition) is 6. The lowest BCUT2D eigenvalue weighted by atomic mass is 9.93. The number of aromatic nitrogens is 1. The third-order valence-corrected chi connectivity index (χ3v) is 3.12. The number of fused-ring (bicyclic) bond motifs is 1. The Hall–Kier alpha value is -2.15. The first kappa shape index (κ1) is 14.3. The highest BCUT2D eigenvalue weighted by Crippen LogP contribution is 2.26. The largest absolute Gasteiger partial charge is 0.423 e. The van der Waals surface area contributed by atoms with Crippen molar-refractivity contribution in [1.82, 2.24) is 4.98 Å². The van der Waals surface area contributed by atoms with E-state index < -0.39 is 4.92 Å². The number of non-ortho nitro benzene ring substituents is 1. The van der Waals surface area contributed by atoms with E-state index in [1.165, 1.54) is 12.1 Å². The van der Waals surface area contributed by atoms with Gasteiger partial charge in [0.15, 0.2) is 5.58 Å². The number of nitro benzene ring substituents is 1. The molecule has 0 saturated carbocycles. The van der Waals surface area contributed by atoms with Crippen LogP contribution in [0.4, 0.5) is 11.7 Å². The molecule has 0 saturated heterocycles. The number of nitro groups is 1. The zero-order chi connectivity index (χ0) is 14.9. The van der Waals surface area contributed by atoms with Crippen molar-refractivity contribution in [2.45, 2.75) is 13.8 Å². The Morgan fingerprint density at radius 1 is 1.50 bits per heavy atom. The molecule has 0 amide bonds. The van der Waals surface area contributed by atoms with Gasteiger partial charge in [0.2, 0.25) is 0 Å².